The van der Waals surface area contributed by atoms with Gasteiger partial charge in [0.05, 0.1) is 12.0 Å². The van der Waals surface area contributed by atoms with Gasteiger partial charge in [-0.2, -0.15) is 4.98 Å². The van der Waals surface area contributed by atoms with Crippen molar-refractivity contribution in [2.45, 2.75) is 6.54 Å². The minimum Gasteiger partial charge on any atom is -0.481 e. The molecule has 0 amide bonds. The zero-order chi connectivity index (χ0) is 15.4. The van der Waals surface area contributed by atoms with Crippen LogP contribution in [0.3, 0.4) is 0 Å². The Kier molecular flexibility index (Phi) is 4.27. The summed E-state index contributed by atoms with van der Waals surface area (Å²) in [6.07, 6.45) is 0. The first-order valence-electron chi connectivity index (χ1n) is 5.88. The highest BCUT2D eigenvalue weighted by Crippen LogP contribution is 2.25. The van der Waals surface area contributed by atoms with Crippen LogP contribution in [-0.2, 0) is 6.54 Å². The highest BCUT2D eigenvalue weighted by Gasteiger charge is 2.16. The second kappa shape index (κ2) is 6.12. The number of ether oxygens (including phenoxy) is 1. The zero-order valence-corrected chi connectivity index (χ0v) is 11.0. The molecule has 0 aliphatic rings. The Morgan fingerprint density at radius 3 is 2.76 bits per heavy atom. The Morgan fingerprint density at radius 2 is 2.10 bits per heavy atom. The maximum atomic E-state index is 13.5. The highest BCUT2D eigenvalue weighted by molar-refractivity contribution is 5.57. The number of anilines is 1. The van der Waals surface area contributed by atoms with E-state index in [9.17, 15) is 18.9 Å². The van der Waals surface area contributed by atoms with Crippen LogP contribution in [0.5, 0.6) is 5.88 Å². The third-order valence-electron chi connectivity index (χ3n) is 2.71. The van der Waals surface area contributed by atoms with Gasteiger partial charge in [0.15, 0.2) is 0 Å². The van der Waals surface area contributed by atoms with E-state index in [-0.39, 0.29) is 29.5 Å². The minimum absolute atomic E-state index is 0.0360. The molecule has 1 N–H and O–H groups in total. The van der Waals surface area contributed by atoms with Crippen LogP contribution in [0.2, 0.25) is 0 Å². The molecular formula is C13H11F2N3O3. The molecule has 0 bridgehead atoms. The van der Waals surface area contributed by atoms with Crippen LogP contribution in [0, 0.1) is 21.7 Å². The van der Waals surface area contributed by atoms with E-state index in [1.165, 1.54) is 19.2 Å². The summed E-state index contributed by atoms with van der Waals surface area (Å²) in [5.41, 5.74) is -0.249. The minimum atomic E-state index is -0.628. The van der Waals surface area contributed by atoms with Crippen LogP contribution >= 0.6 is 0 Å². The van der Waals surface area contributed by atoms with E-state index >= 15 is 0 Å². The van der Waals surface area contributed by atoms with Gasteiger partial charge in [0.2, 0.25) is 11.7 Å². The van der Waals surface area contributed by atoms with Crippen LogP contribution < -0.4 is 10.1 Å². The summed E-state index contributed by atoms with van der Waals surface area (Å²) in [4.78, 5) is 14.2. The van der Waals surface area contributed by atoms with Crippen molar-refractivity contribution in [2.75, 3.05) is 12.4 Å². The molecule has 0 spiro atoms. The normalized spacial score (nSPS) is 10.2. The lowest BCUT2D eigenvalue weighted by molar-refractivity contribution is -0.384. The molecule has 8 heteroatoms. The van der Waals surface area contributed by atoms with Crippen molar-refractivity contribution in [2.24, 2.45) is 0 Å². The van der Waals surface area contributed by atoms with Crippen molar-refractivity contribution in [1.82, 2.24) is 4.98 Å². The lowest BCUT2D eigenvalue weighted by atomic mass is 10.2. The second-order valence-electron chi connectivity index (χ2n) is 4.07. The summed E-state index contributed by atoms with van der Waals surface area (Å²) in [5, 5.41) is 13.5. The van der Waals surface area contributed by atoms with E-state index in [2.05, 4.69) is 10.3 Å². The summed E-state index contributed by atoms with van der Waals surface area (Å²) in [6.45, 7) is -0.148. The first-order valence-corrected chi connectivity index (χ1v) is 5.88. The summed E-state index contributed by atoms with van der Waals surface area (Å²) >= 11 is 0. The third-order valence-corrected chi connectivity index (χ3v) is 2.71. The molecule has 0 aliphatic heterocycles. The van der Waals surface area contributed by atoms with Gasteiger partial charge in [-0.15, -0.1) is 0 Å². The molecule has 0 fully saturated rings. The summed E-state index contributed by atoms with van der Waals surface area (Å²) < 4.78 is 31.4. The number of halogens is 2. The van der Waals surface area contributed by atoms with Crippen molar-refractivity contribution in [3.05, 3.63) is 57.6 Å². The Balaban J connectivity index is 2.26. The molecule has 110 valence electrons. The number of benzene rings is 1. The van der Waals surface area contributed by atoms with Crippen LogP contribution in [-0.4, -0.2) is 17.0 Å². The quantitative estimate of drug-likeness (QED) is 0.678. The fraction of sp³-hybridized carbons (Fsp3) is 0.154. The molecule has 6 nitrogen and oxygen atoms in total. The van der Waals surface area contributed by atoms with Crippen LogP contribution in [0.15, 0.2) is 30.3 Å². The van der Waals surface area contributed by atoms with Gasteiger partial charge >= 0.3 is 5.69 Å². The predicted molar refractivity (Wildman–Crippen MR) is 71.1 cm³/mol. The smallest absolute Gasteiger partial charge is 0.311 e. The fourth-order valence-electron chi connectivity index (χ4n) is 1.68. The van der Waals surface area contributed by atoms with Gasteiger partial charge in [0, 0.05) is 24.2 Å². The van der Waals surface area contributed by atoms with Crippen LogP contribution in [0.25, 0.3) is 0 Å². The van der Waals surface area contributed by atoms with Gasteiger partial charge < -0.3 is 10.1 Å². The molecule has 0 saturated carbocycles. The molecule has 21 heavy (non-hydrogen) atoms. The van der Waals surface area contributed by atoms with Crippen LogP contribution in [0.4, 0.5) is 20.3 Å². The van der Waals surface area contributed by atoms with Gasteiger partial charge in [0.25, 0.3) is 0 Å². The number of pyridine rings is 1. The van der Waals surface area contributed by atoms with Gasteiger partial charge in [-0.1, -0.05) is 0 Å². The predicted octanol–water partition coefficient (Wildman–Crippen LogP) is 2.89. The largest absolute Gasteiger partial charge is 0.481 e. The molecule has 1 aromatic heterocycles. The van der Waals surface area contributed by atoms with Gasteiger partial charge in [-0.25, -0.2) is 8.78 Å². The molecule has 2 aromatic rings. The topological polar surface area (TPSA) is 77.3 Å². The van der Waals surface area contributed by atoms with E-state index in [1.807, 2.05) is 0 Å². The van der Waals surface area contributed by atoms with Gasteiger partial charge in [-0.3, -0.25) is 10.1 Å². The molecule has 1 aromatic carbocycles. The highest BCUT2D eigenvalue weighted by atomic mass is 19.1. The first-order chi connectivity index (χ1) is 10.0. The average molecular weight is 295 g/mol. The van der Waals surface area contributed by atoms with Gasteiger partial charge in [-0.05, 0) is 18.2 Å². The molecule has 0 aliphatic carbocycles. The first kappa shape index (κ1) is 14.6. The summed E-state index contributed by atoms with van der Waals surface area (Å²) in [5.74, 6) is -1.12. The SMILES string of the molecule is COc1ccc([N+](=O)[O-])c(NCc2cc(F)ccc2F)n1. The van der Waals surface area contributed by atoms with E-state index in [4.69, 9.17) is 4.74 Å². The lowest BCUT2D eigenvalue weighted by Crippen LogP contribution is -2.07. The van der Waals surface area contributed by atoms with E-state index in [1.54, 1.807) is 0 Å². The van der Waals surface area contributed by atoms with Crippen molar-refractivity contribution in [1.29, 1.82) is 0 Å². The van der Waals surface area contributed by atoms with Crippen LogP contribution in [0.1, 0.15) is 5.56 Å². The fourth-order valence-corrected chi connectivity index (χ4v) is 1.68. The van der Waals surface area contributed by atoms with E-state index < -0.39 is 16.6 Å². The number of hydrogen-bond donors (Lipinski definition) is 1. The molecule has 1 heterocycles. The monoisotopic (exact) mass is 295 g/mol. The Labute approximate surface area is 118 Å². The molecule has 0 unspecified atom stereocenters. The Morgan fingerprint density at radius 1 is 1.33 bits per heavy atom. The summed E-state index contributed by atoms with van der Waals surface area (Å²) in [7, 11) is 1.37. The number of aromatic nitrogens is 1. The van der Waals surface area contributed by atoms with E-state index in [0.717, 1.165) is 18.2 Å². The Hall–Kier alpha value is -2.77. The zero-order valence-electron chi connectivity index (χ0n) is 11.0. The average Bonchev–Trinajstić information content (AvgIpc) is 2.47. The maximum absolute atomic E-state index is 13.5. The lowest BCUT2D eigenvalue weighted by Gasteiger charge is -2.08. The molecule has 0 atom stereocenters. The number of nitro groups is 1. The molecule has 2 rings (SSSR count). The van der Waals surface area contributed by atoms with Crippen molar-refractivity contribution >= 4 is 11.5 Å². The van der Waals surface area contributed by atoms with Crippen molar-refractivity contribution in [3.63, 3.8) is 0 Å². The number of rotatable bonds is 5. The standard InChI is InChI=1S/C13H11F2N3O3/c1-21-12-5-4-11(18(19)20)13(17-12)16-7-8-6-9(14)2-3-10(8)15/h2-6H,7H2,1H3,(H,16,17). The Bertz CT molecular complexity index is 680. The number of nitrogens with one attached hydrogen (secondary N) is 1. The van der Waals surface area contributed by atoms with Gasteiger partial charge in [0.1, 0.15) is 11.6 Å². The number of nitrogens with zero attached hydrogens (tertiary/aromatic N) is 2. The van der Waals surface area contributed by atoms with Crippen molar-refractivity contribution < 1.29 is 18.4 Å². The second-order valence-corrected chi connectivity index (χ2v) is 4.07. The van der Waals surface area contributed by atoms with Crippen molar-refractivity contribution in [3.8, 4) is 5.88 Å². The number of methoxy groups -OCH3 is 1. The third kappa shape index (κ3) is 3.41. The summed E-state index contributed by atoms with van der Waals surface area (Å²) in [6, 6.07) is 5.54. The molecule has 0 saturated heterocycles. The molecule has 0 radical (unpaired) electrons. The maximum Gasteiger partial charge on any atom is 0.311 e. The molecular weight excluding hydrogens is 284 g/mol. The van der Waals surface area contributed by atoms with E-state index in [0.29, 0.717) is 0 Å². The number of hydrogen-bond acceptors (Lipinski definition) is 5.